The minimum atomic E-state index is -1.000. The minimum Gasteiger partial charge on any atom is -0.478 e. The molecule has 4 nitrogen and oxygen atoms in total. The van der Waals surface area contributed by atoms with Crippen molar-refractivity contribution >= 4 is 18.0 Å². The molecule has 0 unspecified atom stereocenters. The van der Waals surface area contributed by atoms with Crippen LogP contribution in [0.1, 0.15) is 32.8 Å². The van der Waals surface area contributed by atoms with Crippen LogP contribution in [0.5, 0.6) is 5.75 Å². The lowest BCUT2D eigenvalue weighted by Crippen LogP contribution is -2.28. The molecule has 1 N–H and O–H groups in total. The number of esters is 1. The highest BCUT2D eigenvalue weighted by atomic mass is 16.5. The summed E-state index contributed by atoms with van der Waals surface area (Å²) in [5.41, 5.74) is 0.221. The molecule has 1 aromatic carbocycles. The molecule has 0 radical (unpaired) electrons. The van der Waals surface area contributed by atoms with Gasteiger partial charge in [-0.2, -0.15) is 0 Å². The van der Waals surface area contributed by atoms with Gasteiger partial charge in [-0.15, -0.1) is 0 Å². The highest BCUT2D eigenvalue weighted by Crippen LogP contribution is 2.23. The van der Waals surface area contributed by atoms with Gasteiger partial charge in [-0.25, -0.2) is 4.79 Å². The largest absolute Gasteiger partial charge is 0.478 e. The summed E-state index contributed by atoms with van der Waals surface area (Å²) in [6.07, 6.45) is 3.23. The molecule has 0 atom stereocenters. The number of benzene rings is 1. The van der Waals surface area contributed by atoms with Crippen LogP contribution >= 0.6 is 0 Å². The Morgan fingerprint density at radius 2 is 1.84 bits per heavy atom. The van der Waals surface area contributed by atoms with Crippen molar-refractivity contribution in [1.82, 2.24) is 0 Å². The van der Waals surface area contributed by atoms with E-state index in [9.17, 15) is 9.59 Å². The highest BCUT2D eigenvalue weighted by molar-refractivity contribution is 5.85. The third-order valence-corrected chi connectivity index (χ3v) is 2.95. The molecule has 102 valence electrons. The van der Waals surface area contributed by atoms with Gasteiger partial charge >= 0.3 is 11.9 Å². The average molecular weight is 262 g/mol. The van der Waals surface area contributed by atoms with Crippen LogP contribution in [0, 0.1) is 5.41 Å². The molecule has 0 saturated carbocycles. The Morgan fingerprint density at radius 1 is 1.26 bits per heavy atom. The second-order valence-corrected chi connectivity index (χ2v) is 4.87. The molecule has 0 spiro atoms. The Kier molecular flexibility index (Phi) is 4.87. The minimum absolute atomic E-state index is 0.274. The number of ether oxygens (including phenoxy) is 1. The Bertz CT molecular complexity index is 483. The number of hydrogen-bond donors (Lipinski definition) is 1. The van der Waals surface area contributed by atoms with Gasteiger partial charge in [-0.1, -0.05) is 19.1 Å². The predicted octanol–water partition coefficient (Wildman–Crippen LogP) is 3.13. The van der Waals surface area contributed by atoms with Crippen LogP contribution in [-0.4, -0.2) is 17.0 Å². The molecule has 0 heterocycles. The zero-order valence-corrected chi connectivity index (χ0v) is 11.3. The monoisotopic (exact) mass is 262 g/mol. The lowest BCUT2D eigenvalue weighted by molar-refractivity contribution is -0.144. The van der Waals surface area contributed by atoms with Gasteiger partial charge < -0.3 is 9.84 Å². The molecule has 0 aliphatic carbocycles. The molecule has 0 aliphatic heterocycles. The van der Waals surface area contributed by atoms with Crippen molar-refractivity contribution in [2.24, 2.45) is 5.41 Å². The number of carboxylic acids is 1. The van der Waals surface area contributed by atoms with Gasteiger partial charge in [0.25, 0.3) is 0 Å². The van der Waals surface area contributed by atoms with Gasteiger partial charge in [0, 0.05) is 6.08 Å². The Balaban J connectivity index is 2.72. The summed E-state index contributed by atoms with van der Waals surface area (Å²) in [7, 11) is 0. The molecule has 1 rings (SSSR count). The first kappa shape index (κ1) is 15.0. The molecule has 0 amide bonds. The third kappa shape index (κ3) is 4.58. The van der Waals surface area contributed by atoms with E-state index in [1.165, 1.54) is 6.08 Å². The summed E-state index contributed by atoms with van der Waals surface area (Å²) in [6.45, 7) is 5.60. The van der Waals surface area contributed by atoms with Crippen molar-refractivity contribution < 1.29 is 19.4 Å². The molecule has 0 bridgehead atoms. The van der Waals surface area contributed by atoms with Gasteiger partial charge in [-0.05, 0) is 44.0 Å². The van der Waals surface area contributed by atoms with Crippen molar-refractivity contribution in [3.8, 4) is 5.75 Å². The maximum atomic E-state index is 11.9. The highest BCUT2D eigenvalue weighted by Gasteiger charge is 2.27. The zero-order valence-electron chi connectivity index (χ0n) is 11.3. The van der Waals surface area contributed by atoms with Gasteiger partial charge in [0.05, 0.1) is 5.41 Å². The fourth-order valence-corrected chi connectivity index (χ4v) is 1.20. The number of carbonyl (C=O) groups excluding carboxylic acids is 1. The summed E-state index contributed by atoms with van der Waals surface area (Å²) in [5.74, 6) is -0.817. The van der Waals surface area contributed by atoms with E-state index in [1.54, 1.807) is 24.3 Å². The van der Waals surface area contributed by atoms with Crippen LogP contribution in [-0.2, 0) is 9.59 Å². The lowest BCUT2D eigenvalue weighted by atomic mass is 9.91. The molecule has 0 aromatic heterocycles. The molecular formula is C15H18O4. The van der Waals surface area contributed by atoms with Crippen LogP contribution in [0.2, 0.25) is 0 Å². The molecular weight excluding hydrogens is 244 g/mol. The maximum Gasteiger partial charge on any atom is 0.328 e. The molecule has 4 heteroatoms. The summed E-state index contributed by atoms with van der Waals surface area (Å²) < 4.78 is 5.27. The number of hydrogen-bond acceptors (Lipinski definition) is 3. The van der Waals surface area contributed by atoms with E-state index >= 15 is 0 Å². The van der Waals surface area contributed by atoms with Crippen molar-refractivity contribution in [3.05, 3.63) is 35.9 Å². The van der Waals surface area contributed by atoms with Gasteiger partial charge in [0.2, 0.25) is 0 Å². The number of rotatable bonds is 5. The Morgan fingerprint density at radius 3 is 2.32 bits per heavy atom. The van der Waals surface area contributed by atoms with Crippen LogP contribution in [0.3, 0.4) is 0 Å². The first-order valence-corrected chi connectivity index (χ1v) is 6.08. The van der Waals surface area contributed by atoms with E-state index in [2.05, 4.69) is 0 Å². The summed E-state index contributed by atoms with van der Waals surface area (Å²) >= 11 is 0. The van der Waals surface area contributed by atoms with Crippen LogP contribution < -0.4 is 4.74 Å². The molecule has 1 aromatic rings. The summed E-state index contributed by atoms with van der Waals surface area (Å²) in [6, 6.07) is 6.68. The molecule has 0 fully saturated rings. The number of carbonyl (C=O) groups is 2. The number of carboxylic acid groups (broad SMARTS) is 1. The summed E-state index contributed by atoms with van der Waals surface area (Å²) in [5, 5.41) is 8.51. The predicted molar refractivity (Wildman–Crippen MR) is 72.8 cm³/mol. The van der Waals surface area contributed by atoms with E-state index in [0.29, 0.717) is 12.2 Å². The smallest absolute Gasteiger partial charge is 0.328 e. The normalized spacial score (nSPS) is 11.5. The molecule has 0 aliphatic rings. The van der Waals surface area contributed by atoms with E-state index in [4.69, 9.17) is 9.84 Å². The van der Waals surface area contributed by atoms with Gasteiger partial charge in [0.15, 0.2) is 0 Å². The van der Waals surface area contributed by atoms with Crippen molar-refractivity contribution in [2.75, 3.05) is 0 Å². The topological polar surface area (TPSA) is 63.6 Å². The van der Waals surface area contributed by atoms with Crippen molar-refractivity contribution in [3.63, 3.8) is 0 Å². The van der Waals surface area contributed by atoms with Crippen LogP contribution in [0.4, 0.5) is 0 Å². The first-order valence-electron chi connectivity index (χ1n) is 6.08. The maximum absolute atomic E-state index is 11.9. The average Bonchev–Trinajstić information content (AvgIpc) is 2.37. The van der Waals surface area contributed by atoms with Gasteiger partial charge in [-0.3, -0.25) is 4.79 Å². The first-order chi connectivity index (χ1) is 8.85. The molecule has 0 saturated heterocycles. The fraction of sp³-hybridized carbons (Fsp3) is 0.333. The Hall–Kier alpha value is -2.10. The second-order valence-electron chi connectivity index (χ2n) is 4.87. The fourth-order valence-electron chi connectivity index (χ4n) is 1.20. The van der Waals surface area contributed by atoms with E-state index < -0.39 is 11.4 Å². The zero-order chi connectivity index (χ0) is 14.5. The number of aliphatic carboxylic acids is 1. The standard InChI is InChI=1S/C15H18O4/c1-4-15(2,3)14(18)19-12-8-5-11(6-9-12)7-10-13(16)17/h5-10H,4H2,1-3H3,(H,16,17)/b10-7+. The van der Waals surface area contributed by atoms with Crippen LogP contribution in [0.25, 0.3) is 6.08 Å². The van der Waals surface area contributed by atoms with E-state index in [0.717, 1.165) is 11.6 Å². The third-order valence-electron chi connectivity index (χ3n) is 2.95. The lowest BCUT2D eigenvalue weighted by Gasteiger charge is -2.20. The van der Waals surface area contributed by atoms with E-state index in [-0.39, 0.29) is 5.97 Å². The summed E-state index contributed by atoms with van der Waals surface area (Å²) in [4.78, 5) is 22.2. The quantitative estimate of drug-likeness (QED) is 0.503. The van der Waals surface area contributed by atoms with Gasteiger partial charge in [0.1, 0.15) is 5.75 Å². The Labute approximate surface area is 112 Å². The SMILES string of the molecule is CCC(C)(C)C(=O)Oc1ccc(/C=C/C(=O)O)cc1. The second kappa shape index (κ2) is 6.18. The van der Waals surface area contributed by atoms with Crippen molar-refractivity contribution in [1.29, 1.82) is 0 Å². The molecule has 19 heavy (non-hydrogen) atoms. The van der Waals surface area contributed by atoms with Crippen LogP contribution in [0.15, 0.2) is 30.3 Å². The van der Waals surface area contributed by atoms with Crippen molar-refractivity contribution in [2.45, 2.75) is 27.2 Å². The van der Waals surface area contributed by atoms with E-state index in [1.807, 2.05) is 20.8 Å².